The van der Waals surface area contributed by atoms with Crippen LogP contribution in [-0.4, -0.2) is 63.7 Å². The van der Waals surface area contributed by atoms with E-state index < -0.39 is 0 Å². The number of amides is 1. The summed E-state index contributed by atoms with van der Waals surface area (Å²) in [5, 5.41) is 6.27. The number of nitrogens with zero attached hydrogens (tertiary/aromatic N) is 2. The number of carbonyl (C=O) groups is 1. The van der Waals surface area contributed by atoms with Crippen LogP contribution in [0.4, 0.5) is 0 Å². The Morgan fingerprint density at radius 1 is 1.63 bits per heavy atom. The first-order valence-electron chi connectivity index (χ1n) is 6.90. The normalized spacial score (nSPS) is 27.8. The molecule has 0 aliphatic carbocycles. The van der Waals surface area contributed by atoms with Crippen molar-refractivity contribution in [3.8, 4) is 0 Å². The van der Waals surface area contributed by atoms with Crippen molar-refractivity contribution in [3.63, 3.8) is 0 Å². The van der Waals surface area contributed by atoms with E-state index in [2.05, 4.69) is 20.5 Å². The van der Waals surface area contributed by atoms with Gasteiger partial charge in [0.15, 0.2) is 5.96 Å². The molecule has 0 aromatic rings. The highest BCUT2D eigenvalue weighted by Gasteiger charge is 2.42. The Labute approximate surface area is 114 Å². The lowest BCUT2D eigenvalue weighted by Crippen LogP contribution is -2.51. The molecule has 0 aromatic heterocycles. The highest BCUT2D eigenvalue weighted by molar-refractivity contribution is 5.81. The molecule has 1 atom stereocenters. The summed E-state index contributed by atoms with van der Waals surface area (Å²) in [5.74, 6) is 1.10. The smallest absolute Gasteiger partial charge is 0.220 e. The largest absolute Gasteiger partial charge is 0.383 e. The second-order valence-electron chi connectivity index (χ2n) is 5.45. The van der Waals surface area contributed by atoms with Crippen LogP contribution in [-0.2, 0) is 9.53 Å². The van der Waals surface area contributed by atoms with Crippen molar-refractivity contribution in [2.75, 3.05) is 46.9 Å². The molecule has 19 heavy (non-hydrogen) atoms. The number of hydrogen-bond acceptors (Lipinski definition) is 3. The molecule has 2 aliphatic heterocycles. The molecule has 1 amide bonds. The molecular weight excluding hydrogens is 244 g/mol. The molecule has 0 bridgehead atoms. The summed E-state index contributed by atoms with van der Waals surface area (Å²) in [5.41, 5.74) is 0.105. The fraction of sp³-hybridized carbons (Fsp3) is 0.846. The number of methoxy groups -OCH3 is 1. The number of guanidine groups is 1. The molecule has 2 rings (SSSR count). The Bertz CT molecular complexity index is 359. The van der Waals surface area contributed by atoms with Gasteiger partial charge in [-0.15, -0.1) is 0 Å². The van der Waals surface area contributed by atoms with Gasteiger partial charge in [-0.2, -0.15) is 0 Å². The van der Waals surface area contributed by atoms with E-state index in [0.29, 0.717) is 13.0 Å². The van der Waals surface area contributed by atoms with E-state index in [-0.39, 0.29) is 11.3 Å². The lowest BCUT2D eigenvalue weighted by atomic mass is 9.79. The number of rotatable bonds is 3. The molecule has 0 radical (unpaired) electrons. The van der Waals surface area contributed by atoms with Gasteiger partial charge >= 0.3 is 0 Å². The summed E-state index contributed by atoms with van der Waals surface area (Å²) in [6, 6.07) is 0. The van der Waals surface area contributed by atoms with Gasteiger partial charge in [-0.25, -0.2) is 0 Å². The fourth-order valence-corrected chi connectivity index (χ4v) is 3.03. The van der Waals surface area contributed by atoms with E-state index >= 15 is 0 Å². The molecule has 2 N–H and O–H groups in total. The van der Waals surface area contributed by atoms with Crippen LogP contribution in [0.15, 0.2) is 4.99 Å². The monoisotopic (exact) mass is 268 g/mol. The summed E-state index contributed by atoms with van der Waals surface area (Å²) in [7, 11) is 3.49. The van der Waals surface area contributed by atoms with Crippen LogP contribution < -0.4 is 10.6 Å². The molecule has 6 nitrogen and oxygen atoms in total. The van der Waals surface area contributed by atoms with Crippen LogP contribution in [0.5, 0.6) is 0 Å². The van der Waals surface area contributed by atoms with Gasteiger partial charge in [-0.1, -0.05) is 0 Å². The van der Waals surface area contributed by atoms with Crippen LogP contribution in [0.3, 0.4) is 0 Å². The predicted molar refractivity (Wildman–Crippen MR) is 74.1 cm³/mol. The van der Waals surface area contributed by atoms with Gasteiger partial charge in [-0.05, 0) is 12.8 Å². The zero-order chi connectivity index (χ0) is 13.7. The Kier molecular flexibility index (Phi) is 4.63. The highest BCUT2D eigenvalue weighted by Crippen LogP contribution is 2.35. The standard InChI is InChI=1S/C13H24N4O2/c1-14-12(15-5-7-19-2)17-6-3-4-13(10-17)8-11(18)16-9-13/h3-10H2,1-2H3,(H,14,15)(H,16,18). The zero-order valence-corrected chi connectivity index (χ0v) is 11.9. The number of hydrogen-bond donors (Lipinski definition) is 2. The number of aliphatic imine (C=N–C) groups is 1. The first-order valence-corrected chi connectivity index (χ1v) is 6.90. The minimum absolute atomic E-state index is 0.105. The Hall–Kier alpha value is -1.30. The van der Waals surface area contributed by atoms with Crippen LogP contribution >= 0.6 is 0 Å². The van der Waals surface area contributed by atoms with Crippen molar-refractivity contribution < 1.29 is 9.53 Å². The number of ether oxygens (including phenoxy) is 1. The maximum absolute atomic E-state index is 11.5. The van der Waals surface area contributed by atoms with Crippen molar-refractivity contribution in [2.45, 2.75) is 19.3 Å². The maximum atomic E-state index is 11.5. The minimum atomic E-state index is 0.105. The van der Waals surface area contributed by atoms with Crippen molar-refractivity contribution >= 4 is 11.9 Å². The van der Waals surface area contributed by atoms with E-state index in [1.165, 1.54) is 0 Å². The maximum Gasteiger partial charge on any atom is 0.220 e. The summed E-state index contributed by atoms with van der Waals surface area (Å²) < 4.78 is 5.04. The molecule has 0 aromatic carbocycles. The van der Waals surface area contributed by atoms with Gasteiger partial charge in [0.25, 0.3) is 0 Å². The van der Waals surface area contributed by atoms with Crippen LogP contribution in [0, 0.1) is 5.41 Å². The Balaban J connectivity index is 1.94. The molecule has 6 heteroatoms. The van der Waals surface area contributed by atoms with E-state index in [0.717, 1.165) is 45.0 Å². The predicted octanol–water partition coefficient (Wildman–Crippen LogP) is -0.190. The Morgan fingerprint density at radius 3 is 3.11 bits per heavy atom. The average Bonchev–Trinajstić information content (AvgIpc) is 2.76. The van der Waals surface area contributed by atoms with E-state index in [4.69, 9.17) is 4.74 Å². The summed E-state index contributed by atoms with van der Waals surface area (Å²) in [6.07, 6.45) is 2.88. The van der Waals surface area contributed by atoms with Gasteiger partial charge in [-0.3, -0.25) is 9.79 Å². The third-order valence-electron chi connectivity index (χ3n) is 3.96. The zero-order valence-electron chi connectivity index (χ0n) is 11.9. The molecule has 2 aliphatic rings. The number of nitrogens with one attached hydrogen (secondary N) is 2. The molecular formula is C13H24N4O2. The first-order chi connectivity index (χ1) is 9.19. The molecule has 108 valence electrons. The van der Waals surface area contributed by atoms with Gasteiger partial charge in [0.05, 0.1) is 6.61 Å². The summed E-state index contributed by atoms with van der Waals surface area (Å²) in [4.78, 5) is 18.1. The second-order valence-corrected chi connectivity index (χ2v) is 5.45. The van der Waals surface area contributed by atoms with Crippen LogP contribution in [0.2, 0.25) is 0 Å². The van der Waals surface area contributed by atoms with E-state index in [1.807, 2.05) is 0 Å². The third-order valence-corrected chi connectivity index (χ3v) is 3.96. The lowest BCUT2D eigenvalue weighted by Gasteiger charge is -2.40. The van der Waals surface area contributed by atoms with Gasteiger partial charge in [0, 0.05) is 52.2 Å². The topological polar surface area (TPSA) is 66.0 Å². The minimum Gasteiger partial charge on any atom is -0.383 e. The van der Waals surface area contributed by atoms with Crippen LogP contribution in [0.25, 0.3) is 0 Å². The summed E-state index contributed by atoms with van der Waals surface area (Å²) >= 11 is 0. The molecule has 0 saturated carbocycles. The fourth-order valence-electron chi connectivity index (χ4n) is 3.03. The average molecular weight is 268 g/mol. The van der Waals surface area contributed by atoms with Crippen molar-refractivity contribution in [1.29, 1.82) is 0 Å². The molecule has 1 spiro atoms. The highest BCUT2D eigenvalue weighted by atomic mass is 16.5. The SMILES string of the molecule is CN=C(NCCOC)N1CCCC2(CNC(=O)C2)C1. The van der Waals surface area contributed by atoms with Gasteiger partial charge in [0.1, 0.15) is 0 Å². The summed E-state index contributed by atoms with van der Waals surface area (Å²) in [6.45, 7) is 4.13. The van der Waals surface area contributed by atoms with Gasteiger partial charge < -0.3 is 20.3 Å². The third kappa shape index (κ3) is 3.37. The Morgan fingerprint density at radius 2 is 2.47 bits per heavy atom. The van der Waals surface area contributed by atoms with E-state index in [1.54, 1.807) is 14.2 Å². The lowest BCUT2D eigenvalue weighted by molar-refractivity contribution is -0.119. The van der Waals surface area contributed by atoms with Crippen LogP contribution in [0.1, 0.15) is 19.3 Å². The molecule has 2 heterocycles. The molecule has 1 unspecified atom stereocenters. The van der Waals surface area contributed by atoms with Crippen molar-refractivity contribution in [1.82, 2.24) is 15.5 Å². The van der Waals surface area contributed by atoms with Crippen molar-refractivity contribution in [2.24, 2.45) is 10.4 Å². The number of likely N-dealkylation sites (tertiary alicyclic amines) is 1. The number of piperidine rings is 1. The van der Waals surface area contributed by atoms with Crippen molar-refractivity contribution in [3.05, 3.63) is 0 Å². The van der Waals surface area contributed by atoms with Gasteiger partial charge in [0.2, 0.25) is 5.91 Å². The number of carbonyl (C=O) groups excluding carboxylic acids is 1. The molecule has 2 saturated heterocycles. The first kappa shape index (κ1) is 14.1. The second kappa shape index (κ2) is 6.23. The quantitative estimate of drug-likeness (QED) is 0.423. The molecule has 2 fully saturated rings. The van der Waals surface area contributed by atoms with E-state index in [9.17, 15) is 4.79 Å².